The van der Waals surface area contributed by atoms with Crippen LogP contribution in [-0.2, 0) is 62.4 Å². The van der Waals surface area contributed by atoms with E-state index in [0.29, 0.717) is 0 Å². The van der Waals surface area contributed by atoms with Gasteiger partial charge < -0.3 is 0 Å². The number of nitrogens with zero attached hydrogens (tertiary/aromatic N) is 1. The van der Waals surface area contributed by atoms with Crippen molar-refractivity contribution in [3.05, 3.63) is 231 Å². The van der Waals surface area contributed by atoms with Crippen LogP contribution in [0.1, 0.15) is 66.9 Å². The summed E-state index contributed by atoms with van der Waals surface area (Å²) in [5.74, 6) is 0. The first-order chi connectivity index (χ1) is 37.6. The molecule has 0 fully saturated rings. The van der Waals surface area contributed by atoms with Crippen LogP contribution in [0.2, 0.25) is 0 Å². The number of pyridine rings is 1. The Balaban J connectivity index is 0.000000318. The lowest BCUT2D eigenvalue weighted by molar-refractivity contribution is -0.693. The number of benzene rings is 7. The van der Waals surface area contributed by atoms with Gasteiger partial charge in [0, 0.05) is 17.0 Å². The number of hydrogen-bond acceptors (Lipinski definition) is 0. The number of alkyl halides is 24. The summed E-state index contributed by atoms with van der Waals surface area (Å²) in [6.45, 7) is 3.03. The summed E-state index contributed by atoms with van der Waals surface area (Å²) in [6, 6.07) is 21.6. The second kappa shape index (κ2) is 21.9. The number of aryl methyl sites for hydroxylation is 1. The van der Waals surface area contributed by atoms with Gasteiger partial charge in [0.2, 0.25) is 0 Å². The molecular formula is C56H34BF24N. The Kier molecular flexibility index (Phi) is 16.6. The summed E-state index contributed by atoms with van der Waals surface area (Å²) in [4.78, 5) is 0. The quantitative estimate of drug-likeness (QED) is 0.0811. The van der Waals surface area contributed by atoms with E-state index in [0.717, 1.165) is 13.0 Å². The van der Waals surface area contributed by atoms with Crippen molar-refractivity contribution < 1.29 is 110 Å². The van der Waals surface area contributed by atoms with Crippen LogP contribution in [0, 0.1) is 6.92 Å². The maximum Gasteiger partial charge on any atom is 0.416 e. The van der Waals surface area contributed by atoms with Crippen LogP contribution >= 0.6 is 0 Å². The van der Waals surface area contributed by atoms with Gasteiger partial charge in [0.05, 0.1) is 50.9 Å². The van der Waals surface area contributed by atoms with Crippen LogP contribution in [-0.4, -0.2) is 6.15 Å². The summed E-state index contributed by atoms with van der Waals surface area (Å²) < 4.78 is 343. The first-order valence-electron chi connectivity index (χ1n) is 23.4. The highest BCUT2D eigenvalue weighted by Crippen LogP contribution is 2.41. The molecular weight excluding hydrogens is 1150 g/mol. The molecule has 0 spiro atoms. The minimum absolute atomic E-state index is 0.691. The molecule has 8 aromatic rings. The highest BCUT2D eigenvalue weighted by Gasteiger charge is 2.47. The zero-order valence-corrected chi connectivity index (χ0v) is 41.1. The molecule has 0 aliphatic heterocycles. The van der Waals surface area contributed by atoms with E-state index < -0.39 is 195 Å². The maximum atomic E-state index is 14.2. The third-order valence-electron chi connectivity index (χ3n) is 13.2. The highest BCUT2D eigenvalue weighted by molar-refractivity contribution is 7.20. The Morgan fingerprint density at radius 3 is 0.915 bits per heavy atom. The summed E-state index contributed by atoms with van der Waals surface area (Å²) in [7, 11) is 0. The summed E-state index contributed by atoms with van der Waals surface area (Å²) >= 11 is 0. The Hall–Kier alpha value is -7.67. The van der Waals surface area contributed by atoms with Crippen molar-refractivity contribution in [1.29, 1.82) is 0 Å². The molecule has 0 N–H and O–H groups in total. The lowest BCUT2D eigenvalue weighted by Crippen LogP contribution is -2.75. The van der Waals surface area contributed by atoms with E-state index in [1.165, 1.54) is 33.2 Å². The molecule has 26 heteroatoms. The fraction of sp³-hybridized carbons (Fsp3) is 0.196. The second-order valence-electron chi connectivity index (χ2n) is 18.8. The molecule has 1 aromatic heterocycles. The van der Waals surface area contributed by atoms with E-state index in [1.807, 2.05) is 0 Å². The standard InChI is InChI=1S/C32H12BF24.C24H22N/c34-25(35,36)13-1-14(26(37,38)39)6-21(5-13)33(22-7-15(27(40,41)42)2-16(8-22)28(43,44)45,23-9-17(29(46,47)48)3-18(10-23)30(49,50)51)24-11-19(31(52,53)54)4-20(12-24)32(55,56)57;1-19-11-13-20(14-12-19)17-24-23-10-6-5-9-22(23)15-16-25(24)18-21-7-3-2-4-8-21/h1-12H;2-16H,17-18H2,1H3/q-1;+1. The van der Waals surface area contributed by atoms with Gasteiger partial charge in [0.15, 0.2) is 18.4 Å². The molecule has 0 aliphatic carbocycles. The van der Waals surface area contributed by atoms with Crippen LogP contribution < -0.4 is 26.4 Å². The minimum atomic E-state index is -6.13. The zero-order chi connectivity index (χ0) is 61.0. The molecule has 0 aliphatic rings. The van der Waals surface area contributed by atoms with E-state index in [2.05, 4.69) is 103 Å². The van der Waals surface area contributed by atoms with Gasteiger partial charge in [-0.3, -0.25) is 0 Å². The summed E-state index contributed by atoms with van der Waals surface area (Å²) in [6.07, 6.45) is -51.6. The number of rotatable bonds is 8. The van der Waals surface area contributed by atoms with E-state index in [1.54, 1.807) is 0 Å². The topological polar surface area (TPSA) is 3.88 Å². The van der Waals surface area contributed by atoms with Crippen LogP contribution in [0.3, 0.4) is 0 Å². The van der Waals surface area contributed by atoms with Crippen molar-refractivity contribution in [2.45, 2.75) is 69.3 Å². The fourth-order valence-electron chi connectivity index (χ4n) is 9.42. The Morgan fingerprint density at radius 2 is 0.610 bits per heavy atom. The van der Waals surface area contributed by atoms with Gasteiger partial charge in [-0.15, -0.1) is 0 Å². The lowest BCUT2D eigenvalue weighted by Gasteiger charge is -2.46. The van der Waals surface area contributed by atoms with Crippen molar-refractivity contribution in [2.24, 2.45) is 0 Å². The molecule has 0 saturated carbocycles. The van der Waals surface area contributed by atoms with Gasteiger partial charge in [0.25, 0.3) is 0 Å². The largest absolute Gasteiger partial charge is 0.416 e. The number of hydrogen-bond donors (Lipinski definition) is 0. The van der Waals surface area contributed by atoms with Crippen molar-refractivity contribution in [3.8, 4) is 0 Å². The molecule has 1 nitrogen and oxygen atoms in total. The molecule has 7 aromatic carbocycles. The van der Waals surface area contributed by atoms with Crippen molar-refractivity contribution >= 4 is 38.8 Å². The molecule has 1 heterocycles. The van der Waals surface area contributed by atoms with Crippen molar-refractivity contribution in [2.75, 3.05) is 0 Å². The van der Waals surface area contributed by atoms with Crippen molar-refractivity contribution in [1.82, 2.24) is 0 Å². The summed E-state index contributed by atoms with van der Waals surface area (Å²) in [5, 5.41) is 2.63. The van der Waals surface area contributed by atoms with E-state index in [9.17, 15) is 105 Å². The van der Waals surface area contributed by atoms with Crippen LogP contribution in [0.5, 0.6) is 0 Å². The van der Waals surface area contributed by atoms with Crippen molar-refractivity contribution in [3.63, 3.8) is 0 Å². The van der Waals surface area contributed by atoms with Crippen LogP contribution in [0.4, 0.5) is 105 Å². The molecule has 8 rings (SSSR count). The SMILES string of the molecule is Cc1ccc(Cc2c3ccccc3cc[n+]2Cc2ccccc2)cc1.FC(F)(F)c1cc([B-](c2cc(C(F)(F)F)cc(C(F)(F)F)c2)(c2cc(C(F)(F)F)cc(C(F)(F)F)c2)c2cc(C(F)(F)F)cc(C(F)(F)F)c2)cc(C(F)(F)F)c1. The average molecular weight is 1190 g/mol. The van der Waals surface area contributed by atoms with Gasteiger partial charge in [-0.1, -0.05) is 127 Å². The molecule has 82 heavy (non-hydrogen) atoms. The number of halogens is 24. The van der Waals surface area contributed by atoms with Crippen LogP contribution in [0.25, 0.3) is 10.8 Å². The number of fused-ring (bicyclic) bond motifs is 1. The molecule has 0 radical (unpaired) electrons. The first-order valence-corrected chi connectivity index (χ1v) is 23.4. The van der Waals surface area contributed by atoms with Gasteiger partial charge >= 0.3 is 49.4 Å². The van der Waals surface area contributed by atoms with Gasteiger partial charge in [-0.2, -0.15) is 132 Å². The predicted octanol–water partition coefficient (Wildman–Crippen LogP) is 16.3. The predicted molar refractivity (Wildman–Crippen MR) is 254 cm³/mol. The van der Waals surface area contributed by atoms with Crippen LogP contribution in [0.15, 0.2) is 164 Å². The molecule has 0 bridgehead atoms. The minimum Gasteiger partial charge on any atom is -0.197 e. The molecule has 0 atom stereocenters. The monoisotopic (exact) mass is 1190 g/mol. The van der Waals surface area contributed by atoms with Gasteiger partial charge in [0.1, 0.15) is 6.15 Å². The first kappa shape index (κ1) is 61.9. The molecule has 434 valence electrons. The molecule has 0 saturated heterocycles. The second-order valence-corrected chi connectivity index (χ2v) is 18.8. The number of aromatic nitrogens is 1. The van der Waals surface area contributed by atoms with Gasteiger partial charge in [-0.25, -0.2) is 0 Å². The molecule has 0 unspecified atom stereocenters. The Morgan fingerprint density at radius 1 is 0.317 bits per heavy atom. The smallest absolute Gasteiger partial charge is 0.197 e. The van der Waals surface area contributed by atoms with E-state index >= 15 is 0 Å². The maximum absolute atomic E-state index is 14.2. The summed E-state index contributed by atoms with van der Waals surface area (Å²) in [5.41, 5.74) is -24.9. The molecule has 0 amide bonds. The highest BCUT2D eigenvalue weighted by atomic mass is 19.4. The van der Waals surface area contributed by atoms with Gasteiger partial charge in [-0.05, 0) is 48.2 Å². The third kappa shape index (κ3) is 14.0. The van der Waals surface area contributed by atoms with E-state index in [-0.39, 0.29) is 0 Å². The fourth-order valence-corrected chi connectivity index (χ4v) is 9.42. The lowest BCUT2D eigenvalue weighted by atomic mass is 9.12. The Labute approximate surface area is 448 Å². The Bertz CT molecular complexity index is 3150. The third-order valence-corrected chi connectivity index (χ3v) is 13.2. The normalized spacial score (nSPS) is 13.3. The van der Waals surface area contributed by atoms with E-state index in [4.69, 9.17) is 0 Å². The zero-order valence-electron chi connectivity index (χ0n) is 41.1. The average Bonchev–Trinajstić information content (AvgIpc) is 3.53.